The van der Waals surface area contributed by atoms with Gasteiger partial charge in [0.25, 0.3) is 0 Å². The minimum Gasteiger partial charge on any atom is -0.504 e. The van der Waals surface area contributed by atoms with Gasteiger partial charge in [-0.25, -0.2) is 4.68 Å². The smallest absolute Gasteiger partial charge is 0.206 e. The number of aromatic nitrogens is 1. The van der Waals surface area contributed by atoms with Crippen LogP contribution in [0.1, 0.15) is 12.5 Å². The van der Waals surface area contributed by atoms with Crippen molar-refractivity contribution >= 4 is 40.8 Å². The van der Waals surface area contributed by atoms with Crippen LogP contribution >= 0.6 is 34.5 Å². The molecule has 3 N–H and O–H groups in total. The van der Waals surface area contributed by atoms with E-state index in [9.17, 15) is 15.3 Å². The number of phenols is 3. The third-order valence-electron chi connectivity index (χ3n) is 3.85. The quantitative estimate of drug-likeness (QED) is 0.290. The van der Waals surface area contributed by atoms with Crippen molar-refractivity contribution in [2.45, 2.75) is 6.92 Å². The molecule has 0 fully saturated rings. The van der Waals surface area contributed by atoms with Gasteiger partial charge in [0.15, 0.2) is 11.5 Å². The number of thiazole rings is 1. The fourth-order valence-electron chi connectivity index (χ4n) is 2.41. The van der Waals surface area contributed by atoms with Crippen molar-refractivity contribution in [3.63, 3.8) is 0 Å². The van der Waals surface area contributed by atoms with E-state index in [2.05, 4.69) is 16.7 Å². The van der Waals surface area contributed by atoms with Gasteiger partial charge in [0.05, 0.1) is 23.5 Å². The van der Waals surface area contributed by atoms with Crippen molar-refractivity contribution in [2.24, 2.45) is 10.1 Å². The molecule has 9 heteroatoms. The van der Waals surface area contributed by atoms with Crippen molar-refractivity contribution in [2.75, 3.05) is 6.54 Å². The number of phenolic OH excluding ortho intramolecular Hbond substituents is 3. The first kappa shape index (κ1) is 21.0. The fraction of sp³-hybridized carbons (Fsp3) is 0.100. The predicted molar refractivity (Wildman–Crippen MR) is 117 cm³/mol. The highest BCUT2D eigenvalue weighted by Crippen LogP contribution is 2.36. The van der Waals surface area contributed by atoms with Crippen LogP contribution in [-0.2, 0) is 0 Å². The summed E-state index contributed by atoms with van der Waals surface area (Å²) in [6.45, 7) is 6.15. The number of aromatic hydroxyl groups is 3. The minimum absolute atomic E-state index is 0.220. The predicted octanol–water partition coefficient (Wildman–Crippen LogP) is 5.00. The first-order valence-corrected chi connectivity index (χ1v) is 10.0. The van der Waals surface area contributed by atoms with Crippen molar-refractivity contribution < 1.29 is 15.3 Å². The molecule has 0 spiro atoms. The zero-order valence-electron chi connectivity index (χ0n) is 15.3. The highest BCUT2D eigenvalue weighted by molar-refractivity contribution is 7.07. The Morgan fingerprint density at radius 3 is 2.62 bits per heavy atom. The standard InChI is InChI=1S/C20H17Cl2N3O3S/c1-11(2)8-23-20-25(24-9-12-3-6-17(26)19(28)18(12)27)16(10-29-20)14-5-4-13(21)7-15(14)22/h3-7,9-10,26-28H,1,8H2,2H3. The van der Waals surface area contributed by atoms with E-state index in [0.29, 0.717) is 32.6 Å². The monoisotopic (exact) mass is 449 g/mol. The summed E-state index contributed by atoms with van der Waals surface area (Å²) in [6.07, 6.45) is 1.36. The Hall–Kier alpha value is -2.74. The van der Waals surface area contributed by atoms with Crippen molar-refractivity contribution in [1.82, 2.24) is 4.68 Å². The maximum absolute atomic E-state index is 10.0. The molecule has 3 rings (SSSR count). The van der Waals surface area contributed by atoms with Crippen LogP contribution in [0.3, 0.4) is 0 Å². The van der Waals surface area contributed by atoms with Gasteiger partial charge in [0, 0.05) is 21.5 Å². The van der Waals surface area contributed by atoms with Gasteiger partial charge in [-0.1, -0.05) is 35.4 Å². The molecule has 0 saturated heterocycles. The van der Waals surface area contributed by atoms with Crippen molar-refractivity contribution in [3.05, 3.63) is 68.3 Å². The second kappa shape index (κ2) is 8.73. The Kier molecular flexibility index (Phi) is 6.32. The maximum atomic E-state index is 10.0. The minimum atomic E-state index is -0.613. The molecule has 6 nitrogen and oxygen atoms in total. The van der Waals surface area contributed by atoms with Gasteiger partial charge in [-0.2, -0.15) is 5.10 Å². The average molecular weight is 450 g/mol. The van der Waals surface area contributed by atoms with E-state index in [1.54, 1.807) is 22.9 Å². The molecule has 2 aromatic carbocycles. The van der Waals surface area contributed by atoms with E-state index in [1.807, 2.05) is 12.3 Å². The SMILES string of the molecule is C=C(C)CN=c1scc(-c2ccc(Cl)cc2Cl)n1N=Cc1ccc(O)c(O)c1O. The molecule has 150 valence electrons. The molecule has 1 aromatic heterocycles. The molecular formula is C20H17Cl2N3O3S. The van der Waals surface area contributed by atoms with Crippen LogP contribution in [0.25, 0.3) is 11.3 Å². The first-order valence-electron chi connectivity index (χ1n) is 8.37. The Balaban J connectivity index is 2.15. The number of nitrogens with zero attached hydrogens (tertiary/aromatic N) is 3. The van der Waals surface area contributed by atoms with Gasteiger partial charge in [-0.15, -0.1) is 11.3 Å². The summed E-state index contributed by atoms with van der Waals surface area (Å²) in [5.74, 6) is -1.51. The van der Waals surface area contributed by atoms with Crippen LogP contribution < -0.4 is 4.80 Å². The topological polar surface area (TPSA) is 90.3 Å². The third-order valence-corrected chi connectivity index (χ3v) is 5.25. The summed E-state index contributed by atoms with van der Waals surface area (Å²) in [7, 11) is 0. The van der Waals surface area contributed by atoms with Crippen LogP contribution in [0.15, 0.2) is 58.0 Å². The second-order valence-corrected chi connectivity index (χ2v) is 7.91. The number of rotatable bonds is 5. The van der Waals surface area contributed by atoms with Crippen molar-refractivity contribution in [3.8, 4) is 28.5 Å². The number of hydrogen-bond acceptors (Lipinski definition) is 6. The largest absolute Gasteiger partial charge is 0.504 e. The summed E-state index contributed by atoms with van der Waals surface area (Å²) in [5, 5.41) is 36.5. The molecule has 0 radical (unpaired) electrons. The maximum Gasteiger partial charge on any atom is 0.206 e. The fourth-order valence-corrected chi connectivity index (χ4v) is 3.75. The van der Waals surface area contributed by atoms with Crippen molar-refractivity contribution in [1.29, 1.82) is 0 Å². The molecule has 1 heterocycles. The molecule has 3 aromatic rings. The van der Waals surface area contributed by atoms with E-state index in [0.717, 1.165) is 5.57 Å². The molecular weight excluding hydrogens is 433 g/mol. The second-order valence-electron chi connectivity index (χ2n) is 6.23. The molecule has 0 saturated carbocycles. The van der Waals surface area contributed by atoms with E-state index < -0.39 is 17.2 Å². The lowest BCUT2D eigenvalue weighted by Gasteiger charge is -2.07. The molecule has 0 bridgehead atoms. The summed E-state index contributed by atoms with van der Waals surface area (Å²) in [6, 6.07) is 7.84. The lowest BCUT2D eigenvalue weighted by Crippen LogP contribution is -2.13. The Morgan fingerprint density at radius 1 is 1.17 bits per heavy atom. The van der Waals surface area contributed by atoms with Crippen LogP contribution in [0, 0.1) is 0 Å². The van der Waals surface area contributed by atoms with Crippen LogP contribution in [0.4, 0.5) is 0 Å². The van der Waals surface area contributed by atoms with Crippen LogP contribution in [0.5, 0.6) is 17.2 Å². The van der Waals surface area contributed by atoms with Gasteiger partial charge >= 0.3 is 0 Å². The van der Waals surface area contributed by atoms with Crippen LogP contribution in [0.2, 0.25) is 10.0 Å². The number of halogens is 2. The molecule has 0 aliphatic heterocycles. The van der Waals surface area contributed by atoms with Crippen LogP contribution in [-0.4, -0.2) is 32.8 Å². The van der Waals surface area contributed by atoms with Gasteiger partial charge in [0.2, 0.25) is 10.6 Å². The zero-order chi connectivity index (χ0) is 21.1. The summed E-state index contributed by atoms with van der Waals surface area (Å²) >= 11 is 13.7. The first-order chi connectivity index (χ1) is 13.8. The Morgan fingerprint density at radius 2 is 1.93 bits per heavy atom. The summed E-state index contributed by atoms with van der Waals surface area (Å²) in [5.41, 5.74) is 2.49. The molecule has 0 aliphatic rings. The zero-order valence-corrected chi connectivity index (χ0v) is 17.6. The third kappa shape index (κ3) is 4.64. The lowest BCUT2D eigenvalue weighted by molar-refractivity contribution is 0.367. The number of hydrogen-bond donors (Lipinski definition) is 3. The highest BCUT2D eigenvalue weighted by atomic mass is 35.5. The number of benzene rings is 2. The van der Waals surface area contributed by atoms with E-state index >= 15 is 0 Å². The molecule has 0 aliphatic carbocycles. The average Bonchev–Trinajstić information content (AvgIpc) is 3.06. The molecule has 0 unspecified atom stereocenters. The Labute approximate surface area is 181 Å². The highest BCUT2D eigenvalue weighted by Gasteiger charge is 2.13. The van der Waals surface area contributed by atoms with Gasteiger partial charge < -0.3 is 15.3 Å². The molecule has 0 amide bonds. The summed E-state index contributed by atoms with van der Waals surface area (Å²) in [4.78, 5) is 5.10. The molecule has 29 heavy (non-hydrogen) atoms. The summed E-state index contributed by atoms with van der Waals surface area (Å²) < 4.78 is 1.58. The van der Waals surface area contributed by atoms with E-state index in [4.69, 9.17) is 23.2 Å². The lowest BCUT2D eigenvalue weighted by atomic mass is 10.2. The van der Waals surface area contributed by atoms with E-state index in [-0.39, 0.29) is 5.56 Å². The molecule has 0 atom stereocenters. The van der Waals surface area contributed by atoms with Gasteiger partial charge in [-0.3, -0.25) is 4.99 Å². The van der Waals surface area contributed by atoms with Gasteiger partial charge in [0.1, 0.15) is 0 Å². The Bertz CT molecular complexity index is 1180. The van der Waals surface area contributed by atoms with E-state index in [1.165, 1.54) is 29.7 Å². The van der Waals surface area contributed by atoms with Gasteiger partial charge in [-0.05, 0) is 37.3 Å². The normalized spacial score (nSPS) is 12.0.